The number of aromatic nitrogens is 2. The van der Waals surface area contributed by atoms with E-state index in [-0.39, 0.29) is 11.6 Å². The Balaban J connectivity index is 1.94. The number of hydrogen-bond acceptors (Lipinski definition) is 3. The van der Waals surface area contributed by atoms with E-state index in [0.29, 0.717) is 11.0 Å². The third kappa shape index (κ3) is 3.52. The van der Waals surface area contributed by atoms with Crippen LogP contribution in [0.1, 0.15) is 19.2 Å². The molecular weight excluding hydrogens is 333 g/mol. The zero-order valence-electron chi connectivity index (χ0n) is 13.1. The van der Waals surface area contributed by atoms with Crippen molar-refractivity contribution in [2.45, 2.75) is 13.3 Å². The summed E-state index contributed by atoms with van der Waals surface area (Å²) in [6.45, 7) is 1.47. The lowest BCUT2D eigenvalue weighted by Crippen LogP contribution is -2.16. The van der Waals surface area contributed by atoms with Crippen molar-refractivity contribution in [2.75, 3.05) is 0 Å². The molecule has 1 heterocycles. The maximum absolute atomic E-state index is 13.3. The molecular formula is C17H13F3N4O. The lowest BCUT2D eigenvalue weighted by atomic mass is 10.3. The van der Waals surface area contributed by atoms with Crippen LogP contribution in [-0.2, 0) is 0 Å². The van der Waals surface area contributed by atoms with E-state index in [0.717, 1.165) is 0 Å². The van der Waals surface area contributed by atoms with Crippen molar-refractivity contribution in [1.29, 1.82) is 5.41 Å². The molecule has 0 unspecified atom stereocenters. The third-order valence-corrected chi connectivity index (χ3v) is 3.40. The Hall–Kier alpha value is -3.16. The highest BCUT2D eigenvalue weighted by molar-refractivity contribution is 5.98. The first kappa shape index (κ1) is 16.7. The Bertz CT molecular complexity index is 948. The van der Waals surface area contributed by atoms with Crippen LogP contribution in [0.25, 0.3) is 11.0 Å². The molecule has 0 aliphatic rings. The molecule has 1 N–H and O–H groups in total. The van der Waals surface area contributed by atoms with Gasteiger partial charge in [0.05, 0.1) is 11.0 Å². The molecule has 1 aromatic heterocycles. The minimum absolute atomic E-state index is 0.108. The molecule has 0 amide bonds. The van der Waals surface area contributed by atoms with E-state index in [9.17, 15) is 13.2 Å². The number of aliphatic imine (C=N–C) groups is 1. The number of benzene rings is 2. The average Bonchev–Trinajstić information content (AvgIpc) is 2.97. The van der Waals surface area contributed by atoms with Crippen LogP contribution in [-0.4, -0.2) is 21.4 Å². The summed E-state index contributed by atoms with van der Waals surface area (Å²) >= 11 is 0. The van der Waals surface area contributed by atoms with Crippen molar-refractivity contribution in [1.82, 2.24) is 9.55 Å². The van der Waals surface area contributed by atoms with E-state index < -0.39 is 24.1 Å². The number of fused-ring (bicyclic) bond motifs is 1. The standard InChI is InChI=1S/C17H13F3N4O/c1-10(22-17(21)25-12-8-6-11(18)7-9-12)24-14-5-3-2-4-13(14)23-16(24)15(19)20/h2-9,15,21H,1H3. The summed E-state index contributed by atoms with van der Waals surface area (Å²) in [5, 5.41) is 7.77. The predicted octanol–water partition coefficient (Wildman–Crippen LogP) is 4.39. The van der Waals surface area contributed by atoms with Crippen molar-refractivity contribution in [2.24, 2.45) is 4.99 Å². The fraction of sp³-hybridized carbons (Fsp3) is 0.118. The lowest BCUT2D eigenvalue weighted by Gasteiger charge is -2.09. The number of nitrogens with one attached hydrogen (secondary N) is 1. The van der Waals surface area contributed by atoms with Crippen LogP contribution in [0.15, 0.2) is 53.5 Å². The van der Waals surface area contributed by atoms with E-state index in [4.69, 9.17) is 10.1 Å². The van der Waals surface area contributed by atoms with E-state index in [1.807, 2.05) is 0 Å². The number of para-hydroxylation sites is 2. The Morgan fingerprint density at radius 1 is 1.16 bits per heavy atom. The minimum Gasteiger partial charge on any atom is -0.425 e. The quantitative estimate of drug-likeness (QED) is 0.552. The number of halogens is 3. The van der Waals surface area contributed by atoms with Crippen LogP contribution >= 0.6 is 0 Å². The van der Waals surface area contributed by atoms with E-state index in [1.54, 1.807) is 24.3 Å². The van der Waals surface area contributed by atoms with Crippen molar-refractivity contribution in [3.05, 3.63) is 60.2 Å². The summed E-state index contributed by atoms with van der Waals surface area (Å²) in [6, 6.07) is 11.2. The molecule has 0 radical (unpaired) electrons. The number of imidazole rings is 1. The number of ether oxygens (including phenoxy) is 1. The zero-order valence-corrected chi connectivity index (χ0v) is 13.1. The molecule has 5 nitrogen and oxygen atoms in total. The first-order valence-electron chi connectivity index (χ1n) is 7.29. The summed E-state index contributed by atoms with van der Waals surface area (Å²) in [4.78, 5) is 7.82. The first-order valence-corrected chi connectivity index (χ1v) is 7.29. The third-order valence-electron chi connectivity index (χ3n) is 3.40. The molecule has 0 aliphatic heterocycles. The van der Waals surface area contributed by atoms with E-state index in [1.165, 1.54) is 35.8 Å². The monoisotopic (exact) mass is 346 g/mol. The SMILES string of the molecule is CC(=NC(=N)Oc1ccc(F)cc1)n1c(C(F)F)nc2ccccc21. The molecule has 0 aliphatic carbocycles. The highest BCUT2D eigenvalue weighted by atomic mass is 19.3. The molecule has 2 aromatic carbocycles. The first-order chi connectivity index (χ1) is 12.0. The number of rotatable bonds is 2. The normalized spacial score (nSPS) is 12.0. The zero-order chi connectivity index (χ0) is 18.0. The van der Waals surface area contributed by atoms with Crippen molar-refractivity contribution < 1.29 is 17.9 Å². The van der Waals surface area contributed by atoms with Crippen LogP contribution in [0.5, 0.6) is 5.75 Å². The van der Waals surface area contributed by atoms with Crippen LogP contribution in [0, 0.1) is 11.2 Å². The second-order valence-corrected chi connectivity index (χ2v) is 5.11. The summed E-state index contributed by atoms with van der Waals surface area (Å²) in [7, 11) is 0. The van der Waals surface area contributed by atoms with Gasteiger partial charge in [-0.3, -0.25) is 4.57 Å². The summed E-state index contributed by atoms with van der Waals surface area (Å²) in [5.41, 5.74) is 0.854. The molecule has 0 bridgehead atoms. The molecule has 25 heavy (non-hydrogen) atoms. The van der Waals surface area contributed by atoms with E-state index >= 15 is 0 Å². The van der Waals surface area contributed by atoms with Crippen molar-refractivity contribution >= 4 is 22.9 Å². The van der Waals surface area contributed by atoms with Crippen LogP contribution in [0.2, 0.25) is 0 Å². The molecule has 0 atom stereocenters. The Morgan fingerprint density at radius 3 is 2.52 bits per heavy atom. The number of alkyl halides is 2. The molecule has 3 aromatic rings. The Kier molecular flexibility index (Phi) is 4.51. The number of hydrogen-bond donors (Lipinski definition) is 1. The summed E-state index contributed by atoms with van der Waals surface area (Å²) in [5.74, 6) is -0.578. The van der Waals surface area contributed by atoms with Crippen LogP contribution in [0.4, 0.5) is 13.2 Å². The molecule has 8 heteroatoms. The second-order valence-electron chi connectivity index (χ2n) is 5.11. The maximum atomic E-state index is 13.3. The topological polar surface area (TPSA) is 63.3 Å². The molecule has 0 fully saturated rings. The Labute approximate surface area is 140 Å². The molecule has 0 saturated heterocycles. The van der Waals surface area contributed by atoms with Gasteiger partial charge in [-0.15, -0.1) is 0 Å². The van der Waals surface area contributed by atoms with Gasteiger partial charge in [0.1, 0.15) is 17.4 Å². The van der Waals surface area contributed by atoms with Gasteiger partial charge < -0.3 is 4.74 Å². The van der Waals surface area contributed by atoms with Gasteiger partial charge in [0.2, 0.25) is 0 Å². The number of nitrogens with zero attached hydrogens (tertiary/aromatic N) is 3. The van der Waals surface area contributed by atoms with Gasteiger partial charge in [-0.05, 0) is 43.3 Å². The molecule has 128 valence electrons. The van der Waals surface area contributed by atoms with Crippen LogP contribution < -0.4 is 4.74 Å². The fourth-order valence-corrected chi connectivity index (χ4v) is 2.37. The molecule has 0 saturated carbocycles. The van der Waals surface area contributed by atoms with Gasteiger partial charge in [-0.25, -0.2) is 23.6 Å². The van der Waals surface area contributed by atoms with Gasteiger partial charge >= 0.3 is 6.02 Å². The fourth-order valence-electron chi connectivity index (χ4n) is 2.37. The van der Waals surface area contributed by atoms with Gasteiger partial charge in [-0.1, -0.05) is 12.1 Å². The highest BCUT2D eigenvalue weighted by Crippen LogP contribution is 2.24. The number of amidine groups is 1. The summed E-state index contributed by atoms with van der Waals surface area (Å²) in [6.07, 6.45) is -2.80. The maximum Gasteiger partial charge on any atom is 0.316 e. The van der Waals surface area contributed by atoms with E-state index in [2.05, 4.69) is 9.98 Å². The lowest BCUT2D eigenvalue weighted by molar-refractivity contribution is 0.139. The predicted molar refractivity (Wildman–Crippen MR) is 88.0 cm³/mol. The molecule has 0 spiro atoms. The summed E-state index contributed by atoms with van der Waals surface area (Å²) < 4.78 is 45.8. The van der Waals surface area contributed by atoms with Gasteiger partial charge in [0.25, 0.3) is 6.43 Å². The van der Waals surface area contributed by atoms with Crippen molar-refractivity contribution in [3.63, 3.8) is 0 Å². The van der Waals surface area contributed by atoms with Gasteiger partial charge in [-0.2, -0.15) is 4.99 Å². The second kappa shape index (κ2) is 6.76. The average molecular weight is 346 g/mol. The molecule has 3 rings (SSSR count). The van der Waals surface area contributed by atoms with Gasteiger partial charge in [0, 0.05) is 0 Å². The van der Waals surface area contributed by atoms with Crippen LogP contribution in [0.3, 0.4) is 0 Å². The minimum atomic E-state index is -2.80. The highest BCUT2D eigenvalue weighted by Gasteiger charge is 2.20. The Morgan fingerprint density at radius 2 is 1.84 bits per heavy atom. The largest absolute Gasteiger partial charge is 0.425 e. The van der Waals surface area contributed by atoms with Crippen molar-refractivity contribution in [3.8, 4) is 5.75 Å². The van der Waals surface area contributed by atoms with Gasteiger partial charge in [0.15, 0.2) is 5.82 Å². The smallest absolute Gasteiger partial charge is 0.316 e.